The number of rotatable bonds is 8. The maximum Gasteiger partial charge on any atom is 0.253 e. The Kier molecular flexibility index (Phi) is 6.41. The van der Waals surface area contributed by atoms with Gasteiger partial charge in [-0.05, 0) is 53.9 Å². The molecule has 3 heterocycles. The van der Waals surface area contributed by atoms with Crippen LogP contribution >= 0.6 is 0 Å². The number of pyridine rings is 1. The van der Waals surface area contributed by atoms with Gasteiger partial charge in [-0.15, -0.1) is 0 Å². The summed E-state index contributed by atoms with van der Waals surface area (Å²) in [6, 6.07) is 18.0. The van der Waals surface area contributed by atoms with Crippen LogP contribution in [0.3, 0.4) is 0 Å². The maximum absolute atomic E-state index is 13.0. The fraction of sp³-hybridized carbons (Fsp3) is 0.286. The molecule has 0 spiro atoms. The van der Waals surface area contributed by atoms with E-state index in [9.17, 15) is 4.79 Å². The van der Waals surface area contributed by atoms with Crippen molar-refractivity contribution in [3.63, 3.8) is 0 Å². The standard InChI is InChI=1S/C28H31N5O3/c1-5-23-28(32(4)16-19-6-10-22(11-7-19)31(2)3)33-17-21(9-13-26(33)30-23)27(34)29-15-20-8-12-24-25(14-20)36-18-35-24/h6-14,17H,5,15-16,18H2,1-4H3,(H,29,34). The molecule has 1 aliphatic heterocycles. The van der Waals surface area contributed by atoms with Gasteiger partial charge in [-0.2, -0.15) is 0 Å². The van der Waals surface area contributed by atoms with Crippen molar-refractivity contribution in [2.75, 3.05) is 37.7 Å². The van der Waals surface area contributed by atoms with Crippen molar-refractivity contribution in [3.05, 3.63) is 83.2 Å². The zero-order valence-corrected chi connectivity index (χ0v) is 21.1. The molecule has 1 N–H and O–H groups in total. The summed E-state index contributed by atoms with van der Waals surface area (Å²) in [7, 11) is 6.14. The number of nitrogens with one attached hydrogen (secondary N) is 1. The molecule has 0 fully saturated rings. The van der Waals surface area contributed by atoms with Gasteiger partial charge in [0, 0.05) is 46.1 Å². The number of benzene rings is 2. The molecule has 0 aliphatic carbocycles. The number of nitrogens with zero attached hydrogens (tertiary/aromatic N) is 4. The molecule has 5 rings (SSSR count). The second-order valence-corrected chi connectivity index (χ2v) is 9.17. The zero-order chi connectivity index (χ0) is 25.2. The maximum atomic E-state index is 13.0. The Hall–Kier alpha value is -4.20. The fourth-order valence-corrected chi connectivity index (χ4v) is 4.44. The number of carbonyl (C=O) groups excluding carboxylic acids is 1. The predicted molar refractivity (Wildman–Crippen MR) is 141 cm³/mol. The number of aryl methyl sites for hydroxylation is 1. The van der Waals surface area contributed by atoms with E-state index in [4.69, 9.17) is 14.5 Å². The molecular weight excluding hydrogens is 454 g/mol. The molecule has 186 valence electrons. The van der Waals surface area contributed by atoms with E-state index in [-0.39, 0.29) is 12.7 Å². The van der Waals surface area contributed by atoms with Gasteiger partial charge in [0.1, 0.15) is 11.5 Å². The van der Waals surface area contributed by atoms with E-state index >= 15 is 0 Å². The van der Waals surface area contributed by atoms with E-state index in [1.807, 2.05) is 55.0 Å². The summed E-state index contributed by atoms with van der Waals surface area (Å²) in [5.41, 5.74) is 5.72. The van der Waals surface area contributed by atoms with Gasteiger partial charge in [0.25, 0.3) is 5.91 Å². The lowest BCUT2D eigenvalue weighted by atomic mass is 10.2. The van der Waals surface area contributed by atoms with Crippen LogP contribution in [0.5, 0.6) is 11.5 Å². The monoisotopic (exact) mass is 485 g/mol. The summed E-state index contributed by atoms with van der Waals surface area (Å²) in [5, 5.41) is 3.01. The molecular formula is C28H31N5O3. The van der Waals surface area contributed by atoms with Crippen LogP contribution in [-0.4, -0.2) is 43.2 Å². The highest BCUT2D eigenvalue weighted by atomic mass is 16.7. The third kappa shape index (κ3) is 4.66. The average molecular weight is 486 g/mol. The lowest BCUT2D eigenvalue weighted by Gasteiger charge is -2.21. The molecule has 0 radical (unpaired) electrons. The molecule has 0 atom stereocenters. The third-order valence-corrected chi connectivity index (χ3v) is 6.38. The quantitative estimate of drug-likeness (QED) is 0.402. The van der Waals surface area contributed by atoms with Gasteiger partial charge >= 0.3 is 0 Å². The molecule has 36 heavy (non-hydrogen) atoms. The lowest BCUT2D eigenvalue weighted by Crippen LogP contribution is -2.23. The van der Waals surface area contributed by atoms with Crippen molar-refractivity contribution < 1.29 is 14.3 Å². The smallest absolute Gasteiger partial charge is 0.253 e. The first-order valence-corrected chi connectivity index (χ1v) is 12.1. The van der Waals surface area contributed by atoms with Crippen LogP contribution in [0.25, 0.3) is 5.65 Å². The fourth-order valence-electron chi connectivity index (χ4n) is 4.44. The van der Waals surface area contributed by atoms with Crippen molar-refractivity contribution >= 4 is 23.1 Å². The van der Waals surface area contributed by atoms with Gasteiger partial charge in [-0.3, -0.25) is 9.20 Å². The van der Waals surface area contributed by atoms with Crippen molar-refractivity contribution in [3.8, 4) is 11.5 Å². The Morgan fingerprint density at radius 2 is 1.75 bits per heavy atom. The molecule has 0 saturated heterocycles. The van der Waals surface area contributed by atoms with Crippen LogP contribution in [0, 0.1) is 0 Å². The molecule has 0 saturated carbocycles. The molecule has 2 aromatic carbocycles. The number of imidazole rings is 1. The summed E-state index contributed by atoms with van der Waals surface area (Å²) in [6.07, 6.45) is 2.67. The van der Waals surface area contributed by atoms with E-state index in [1.54, 1.807) is 0 Å². The second-order valence-electron chi connectivity index (χ2n) is 9.17. The average Bonchev–Trinajstić information content (AvgIpc) is 3.51. The highest BCUT2D eigenvalue weighted by Gasteiger charge is 2.18. The molecule has 0 bridgehead atoms. The molecule has 1 amide bonds. The van der Waals surface area contributed by atoms with Crippen LogP contribution in [0.4, 0.5) is 11.5 Å². The minimum Gasteiger partial charge on any atom is -0.454 e. The number of carbonyl (C=O) groups is 1. The zero-order valence-electron chi connectivity index (χ0n) is 21.1. The summed E-state index contributed by atoms with van der Waals surface area (Å²) < 4.78 is 12.8. The van der Waals surface area contributed by atoms with Crippen molar-refractivity contribution in [2.45, 2.75) is 26.4 Å². The number of aromatic nitrogens is 2. The van der Waals surface area contributed by atoms with E-state index in [0.717, 1.165) is 41.4 Å². The van der Waals surface area contributed by atoms with Gasteiger partial charge < -0.3 is 24.6 Å². The third-order valence-electron chi connectivity index (χ3n) is 6.38. The number of ether oxygens (including phenoxy) is 2. The number of amides is 1. The van der Waals surface area contributed by atoms with Crippen LogP contribution in [0.2, 0.25) is 0 Å². The van der Waals surface area contributed by atoms with Gasteiger partial charge in [0.05, 0.1) is 11.3 Å². The Morgan fingerprint density at radius 3 is 2.50 bits per heavy atom. The summed E-state index contributed by atoms with van der Waals surface area (Å²) in [4.78, 5) is 22.1. The minimum atomic E-state index is -0.144. The number of anilines is 2. The first kappa shape index (κ1) is 23.5. The number of fused-ring (bicyclic) bond motifs is 2. The predicted octanol–water partition coefficient (Wildman–Crippen LogP) is 4.26. The first-order valence-electron chi connectivity index (χ1n) is 12.1. The van der Waals surface area contributed by atoms with Gasteiger partial charge in [0.2, 0.25) is 6.79 Å². The lowest BCUT2D eigenvalue weighted by molar-refractivity contribution is 0.0950. The van der Waals surface area contributed by atoms with E-state index in [2.05, 4.69) is 53.4 Å². The molecule has 4 aromatic rings. The van der Waals surface area contributed by atoms with Crippen molar-refractivity contribution in [1.29, 1.82) is 0 Å². The van der Waals surface area contributed by atoms with Crippen LogP contribution in [-0.2, 0) is 19.5 Å². The van der Waals surface area contributed by atoms with Gasteiger partial charge in [-0.1, -0.05) is 25.1 Å². The number of hydrogen-bond donors (Lipinski definition) is 1. The largest absolute Gasteiger partial charge is 0.454 e. The van der Waals surface area contributed by atoms with E-state index in [0.29, 0.717) is 17.9 Å². The minimum absolute atomic E-state index is 0.144. The topological polar surface area (TPSA) is 71.3 Å². The highest BCUT2D eigenvalue weighted by Crippen LogP contribution is 2.32. The van der Waals surface area contributed by atoms with Gasteiger partial charge in [0.15, 0.2) is 11.5 Å². The molecule has 1 aliphatic rings. The Balaban J connectivity index is 1.35. The van der Waals surface area contributed by atoms with Crippen molar-refractivity contribution in [1.82, 2.24) is 14.7 Å². The Morgan fingerprint density at radius 1 is 1.00 bits per heavy atom. The summed E-state index contributed by atoms with van der Waals surface area (Å²) in [5.74, 6) is 2.29. The normalized spacial score (nSPS) is 12.1. The van der Waals surface area contributed by atoms with Crippen LogP contribution in [0.1, 0.15) is 34.1 Å². The van der Waals surface area contributed by atoms with Crippen molar-refractivity contribution in [2.24, 2.45) is 0 Å². The van der Waals surface area contributed by atoms with E-state index < -0.39 is 0 Å². The molecule has 8 heteroatoms. The molecule has 8 nitrogen and oxygen atoms in total. The SMILES string of the molecule is CCc1nc2ccc(C(=O)NCc3ccc4c(c3)OCO4)cn2c1N(C)Cc1ccc(N(C)C)cc1. The summed E-state index contributed by atoms with van der Waals surface area (Å²) >= 11 is 0. The highest BCUT2D eigenvalue weighted by molar-refractivity contribution is 5.94. The van der Waals surface area contributed by atoms with Gasteiger partial charge in [-0.25, -0.2) is 4.98 Å². The van der Waals surface area contributed by atoms with E-state index in [1.165, 1.54) is 11.3 Å². The van der Waals surface area contributed by atoms with Crippen LogP contribution in [0.15, 0.2) is 60.8 Å². The first-order chi connectivity index (χ1) is 17.4. The molecule has 2 aromatic heterocycles. The second kappa shape index (κ2) is 9.81. The Labute approximate surface area is 211 Å². The number of hydrogen-bond acceptors (Lipinski definition) is 6. The van der Waals surface area contributed by atoms with Crippen LogP contribution < -0.4 is 24.6 Å². The Bertz CT molecular complexity index is 1390. The molecule has 0 unspecified atom stereocenters. The summed E-state index contributed by atoms with van der Waals surface area (Å²) in [6.45, 7) is 3.46.